The lowest BCUT2D eigenvalue weighted by Gasteiger charge is -2.33. The minimum Gasteiger partial charge on any atom is -0.508 e. The molecule has 0 aliphatic carbocycles. The van der Waals surface area contributed by atoms with Crippen LogP contribution in [-0.2, 0) is 13.1 Å². The maximum atomic E-state index is 10.0. The van der Waals surface area contributed by atoms with E-state index in [9.17, 15) is 5.11 Å². The summed E-state index contributed by atoms with van der Waals surface area (Å²) in [5.41, 5.74) is 5.71. The number of rotatable bonds is 8. The molecule has 1 aromatic carbocycles. The Morgan fingerprint density at radius 1 is 1.26 bits per heavy atom. The lowest BCUT2D eigenvalue weighted by molar-refractivity contribution is 0.184. The predicted octanol–water partition coefficient (Wildman–Crippen LogP) is 6.62. The van der Waals surface area contributed by atoms with Gasteiger partial charge in [-0.25, -0.2) is 0 Å². The van der Waals surface area contributed by atoms with Crippen LogP contribution in [0.15, 0.2) is 87.8 Å². The number of nitrogens with one attached hydrogen (secondary N) is 1. The van der Waals surface area contributed by atoms with Crippen LogP contribution in [0, 0.1) is 5.92 Å². The zero-order valence-electron chi connectivity index (χ0n) is 21.5. The van der Waals surface area contributed by atoms with Crippen molar-refractivity contribution < 1.29 is 5.11 Å². The van der Waals surface area contributed by atoms with Crippen LogP contribution < -0.4 is 5.32 Å². The minimum atomic E-state index is 0.383. The molecule has 2 heterocycles. The van der Waals surface area contributed by atoms with Crippen molar-refractivity contribution in [2.24, 2.45) is 10.9 Å². The van der Waals surface area contributed by atoms with Gasteiger partial charge in [-0.3, -0.25) is 14.9 Å². The highest BCUT2D eigenvalue weighted by Crippen LogP contribution is 2.27. The first-order valence-electron chi connectivity index (χ1n) is 12.0. The molecule has 0 spiro atoms. The Hall–Kier alpha value is -2.70. The van der Waals surface area contributed by atoms with E-state index in [0.29, 0.717) is 11.7 Å². The summed E-state index contributed by atoms with van der Waals surface area (Å²) in [5.74, 6) is 0.841. The van der Waals surface area contributed by atoms with Crippen molar-refractivity contribution in [2.45, 2.75) is 46.7 Å². The van der Waals surface area contributed by atoms with E-state index in [-0.39, 0.29) is 0 Å². The van der Waals surface area contributed by atoms with Crippen LogP contribution >= 0.6 is 15.9 Å². The Morgan fingerprint density at radius 2 is 2.03 bits per heavy atom. The van der Waals surface area contributed by atoms with E-state index in [1.807, 2.05) is 44.3 Å². The monoisotopic (exact) mass is 538 g/mol. The van der Waals surface area contributed by atoms with E-state index in [2.05, 4.69) is 61.8 Å². The van der Waals surface area contributed by atoms with Gasteiger partial charge < -0.3 is 10.4 Å². The molecule has 1 fully saturated rings. The van der Waals surface area contributed by atoms with Gasteiger partial charge in [0.25, 0.3) is 0 Å². The number of phenolic OH excluding ortho intramolecular Hbond substituents is 1. The molecule has 5 nitrogen and oxygen atoms in total. The summed E-state index contributed by atoms with van der Waals surface area (Å²) in [6.45, 7) is 14.1. The number of benzene rings is 1. The molecule has 188 valence electrons. The summed E-state index contributed by atoms with van der Waals surface area (Å²) in [7, 11) is 1.75. The van der Waals surface area contributed by atoms with E-state index < -0.39 is 0 Å². The molecule has 1 aromatic heterocycles. The predicted molar refractivity (Wildman–Crippen MR) is 152 cm³/mol. The number of halogens is 1. The van der Waals surface area contributed by atoms with Gasteiger partial charge >= 0.3 is 0 Å². The Balaban J connectivity index is 0.000000466. The third kappa shape index (κ3) is 10.6. The number of aromatic hydroxyl groups is 1. The van der Waals surface area contributed by atoms with Crippen LogP contribution in [-0.4, -0.2) is 41.3 Å². The first-order valence-corrected chi connectivity index (χ1v) is 12.8. The third-order valence-electron chi connectivity index (χ3n) is 5.83. The lowest BCUT2D eigenvalue weighted by atomic mass is 9.90. The molecule has 1 unspecified atom stereocenters. The quantitative estimate of drug-likeness (QED) is 0.292. The number of hydrogen-bond acceptors (Lipinski definition) is 5. The first kappa shape index (κ1) is 28.5. The molecule has 2 N–H and O–H groups in total. The molecule has 3 rings (SSSR count). The van der Waals surface area contributed by atoms with Gasteiger partial charge in [-0.1, -0.05) is 36.4 Å². The molecule has 0 saturated carbocycles. The number of aromatic nitrogens is 1. The maximum Gasteiger partial charge on any atom is 0.120 e. The average Bonchev–Trinajstić information content (AvgIpc) is 2.85. The Labute approximate surface area is 219 Å². The number of likely N-dealkylation sites (tertiary alicyclic amines) is 1. The number of piperidine rings is 1. The van der Waals surface area contributed by atoms with Crippen LogP contribution in [0.3, 0.4) is 0 Å². The number of allylic oxidation sites excluding steroid dienone is 4. The smallest absolute Gasteiger partial charge is 0.120 e. The van der Waals surface area contributed by atoms with Crippen LogP contribution in [0.4, 0.5) is 0 Å². The van der Waals surface area contributed by atoms with E-state index in [0.717, 1.165) is 48.3 Å². The molecule has 1 saturated heterocycles. The van der Waals surface area contributed by atoms with Crippen molar-refractivity contribution in [3.63, 3.8) is 0 Å². The zero-order valence-corrected chi connectivity index (χ0v) is 23.1. The van der Waals surface area contributed by atoms with E-state index in [1.54, 1.807) is 25.5 Å². The second kappa shape index (κ2) is 15.3. The lowest BCUT2D eigenvalue weighted by Crippen LogP contribution is -2.35. The molecule has 1 atom stereocenters. The van der Waals surface area contributed by atoms with E-state index in [4.69, 9.17) is 0 Å². The standard InChI is InChI=1S/C23H29N3O.C6H10BrN/c1-18(13-19(2)25-15-20-7-5-11-24-14-20)21-9-6-12-26(16-21)17-22-8-3-4-10-23(22)27;1-5(2)6(7)4-8-3/h3-5,7-8,10-11,13-14,21,25,27H,1,6,9,12,15-17H2,2H3;4H,1-3H3/b19-13+;. The summed E-state index contributed by atoms with van der Waals surface area (Å²) in [6, 6.07) is 11.6. The van der Waals surface area contributed by atoms with Crippen molar-refractivity contribution >= 4 is 22.1 Å². The van der Waals surface area contributed by atoms with Crippen LogP contribution in [0.5, 0.6) is 5.75 Å². The number of para-hydroxylation sites is 1. The molecule has 6 heteroatoms. The molecule has 0 radical (unpaired) electrons. The SMILES string of the molecule is C=C(/C=C(\C)NCc1cccnc1)C1CCCN(Cc2ccccc2O)C1.CN=CC(Br)=C(C)C. The van der Waals surface area contributed by atoms with E-state index >= 15 is 0 Å². The fourth-order valence-corrected chi connectivity index (χ4v) is 4.03. The highest BCUT2D eigenvalue weighted by Gasteiger charge is 2.22. The van der Waals surface area contributed by atoms with Crippen molar-refractivity contribution in [3.8, 4) is 5.75 Å². The Morgan fingerprint density at radius 3 is 2.66 bits per heavy atom. The fourth-order valence-electron chi connectivity index (χ4n) is 3.82. The maximum absolute atomic E-state index is 10.0. The minimum absolute atomic E-state index is 0.383. The average molecular weight is 540 g/mol. The third-order valence-corrected chi connectivity index (χ3v) is 6.83. The van der Waals surface area contributed by atoms with Crippen LogP contribution in [0.1, 0.15) is 44.7 Å². The second-order valence-corrected chi connectivity index (χ2v) is 9.91. The van der Waals surface area contributed by atoms with E-state index in [1.165, 1.54) is 23.1 Å². The molecular weight excluding hydrogens is 500 g/mol. The topological polar surface area (TPSA) is 60.8 Å². The van der Waals surface area contributed by atoms with Crippen molar-refractivity contribution in [3.05, 3.63) is 93.9 Å². The van der Waals surface area contributed by atoms with Gasteiger partial charge in [-0.2, -0.15) is 0 Å². The van der Waals surface area contributed by atoms with Crippen molar-refractivity contribution in [1.29, 1.82) is 0 Å². The van der Waals surface area contributed by atoms with Gasteiger partial charge in [0.15, 0.2) is 0 Å². The largest absolute Gasteiger partial charge is 0.508 e. The number of hydrogen-bond donors (Lipinski definition) is 2. The molecule has 35 heavy (non-hydrogen) atoms. The number of phenols is 1. The second-order valence-electron chi connectivity index (χ2n) is 9.06. The molecule has 1 aliphatic rings. The van der Waals surface area contributed by atoms with Crippen molar-refractivity contribution in [2.75, 3.05) is 20.1 Å². The van der Waals surface area contributed by atoms with Crippen molar-refractivity contribution in [1.82, 2.24) is 15.2 Å². The first-order chi connectivity index (χ1) is 16.8. The molecule has 1 aliphatic heterocycles. The van der Waals surface area contributed by atoms with Gasteiger partial charge in [0, 0.05) is 61.0 Å². The van der Waals surface area contributed by atoms with Gasteiger partial charge in [-0.05, 0) is 91.4 Å². The zero-order chi connectivity index (χ0) is 25.6. The molecule has 0 bridgehead atoms. The van der Waals surface area contributed by atoms with Gasteiger partial charge in [0.2, 0.25) is 0 Å². The molecular formula is C29H39BrN4O. The molecule has 0 amide bonds. The van der Waals surface area contributed by atoms with Gasteiger partial charge in [0.05, 0.1) is 0 Å². The van der Waals surface area contributed by atoms with Gasteiger partial charge in [0.1, 0.15) is 5.75 Å². The highest BCUT2D eigenvalue weighted by molar-refractivity contribution is 9.12. The number of nitrogens with zero attached hydrogens (tertiary/aromatic N) is 3. The normalized spacial score (nSPS) is 16.4. The summed E-state index contributed by atoms with van der Waals surface area (Å²) in [5, 5.41) is 13.5. The fraction of sp³-hybridized carbons (Fsp3) is 0.379. The summed E-state index contributed by atoms with van der Waals surface area (Å²) < 4.78 is 1.07. The Bertz CT molecular complexity index is 1030. The number of aliphatic imine (C=N–C) groups is 1. The van der Waals surface area contributed by atoms with Crippen LogP contribution in [0.2, 0.25) is 0 Å². The summed E-state index contributed by atoms with van der Waals surface area (Å²) in [6.07, 6.45) is 9.96. The summed E-state index contributed by atoms with van der Waals surface area (Å²) >= 11 is 3.33. The Kier molecular flexibility index (Phi) is 12.5. The number of pyridine rings is 1. The molecule has 2 aromatic rings. The summed E-state index contributed by atoms with van der Waals surface area (Å²) in [4.78, 5) is 10.4. The van der Waals surface area contributed by atoms with Gasteiger partial charge in [-0.15, -0.1) is 0 Å². The highest BCUT2D eigenvalue weighted by atomic mass is 79.9. The van der Waals surface area contributed by atoms with Crippen LogP contribution in [0.25, 0.3) is 0 Å².